The molecule has 1 aliphatic heterocycles. The molecule has 0 unspecified atom stereocenters. The SMILES string of the molecule is O=C(N[C@@H]1C(=O)n2c(nc3ccccc32)[C@H](C(=O)c2ccccc2)[C@@H]1c1ccc([N+](=O)[O-])cc1)c1ccccc1. The van der Waals surface area contributed by atoms with Crippen LogP contribution in [0.2, 0.25) is 0 Å². The van der Waals surface area contributed by atoms with Gasteiger partial charge in [-0.1, -0.05) is 72.8 Å². The molecule has 0 aliphatic carbocycles. The highest BCUT2D eigenvalue weighted by atomic mass is 16.6. The summed E-state index contributed by atoms with van der Waals surface area (Å²) in [6, 6.07) is 28.8. The fourth-order valence-corrected chi connectivity index (χ4v) is 5.36. The average Bonchev–Trinajstić information content (AvgIpc) is 3.38. The number of benzene rings is 4. The summed E-state index contributed by atoms with van der Waals surface area (Å²) in [5.74, 6) is -2.83. The molecule has 0 radical (unpaired) electrons. The number of non-ortho nitro benzene ring substituents is 1. The number of rotatable bonds is 6. The molecule has 0 saturated carbocycles. The number of Topliss-reactive ketones (excluding diaryl/α,β-unsaturated/α-hetero) is 1. The number of nitrogens with one attached hydrogen (secondary N) is 1. The van der Waals surface area contributed by atoms with Gasteiger partial charge in [0.15, 0.2) is 5.78 Å². The number of carbonyl (C=O) groups excluding carboxylic acids is 3. The number of nitro groups is 1. The van der Waals surface area contributed by atoms with Crippen LogP contribution in [0.4, 0.5) is 5.69 Å². The first-order valence-corrected chi connectivity index (χ1v) is 12.6. The van der Waals surface area contributed by atoms with Crippen LogP contribution in [0.5, 0.6) is 0 Å². The highest BCUT2D eigenvalue weighted by molar-refractivity contribution is 6.07. The van der Waals surface area contributed by atoms with Crippen LogP contribution in [0.1, 0.15) is 48.7 Å². The molecule has 9 heteroatoms. The van der Waals surface area contributed by atoms with Gasteiger partial charge in [0.2, 0.25) is 0 Å². The highest BCUT2D eigenvalue weighted by Crippen LogP contribution is 2.43. The Morgan fingerprint density at radius 1 is 0.800 bits per heavy atom. The molecule has 9 nitrogen and oxygen atoms in total. The number of ketones is 1. The first-order valence-electron chi connectivity index (χ1n) is 12.6. The van der Waals surface area contributed by atoms with Gasteiger partial charge in [0, 0.05) is 29.2 Å². The largest absolute Gasteiger partial charge is 0.340 e. The predicted octanol–water partition coefficient (Wildman–Crippen LogP) is 5.15. The van der Waals surface area contributed by atoms with Crippen molar-refractivity contribution in [1.82, 2.24) is 14.9 Å². The van der Waals surface area contributed by atoms with Crippen molar-refractivity contribution >= 4 is 34.3 Å². The smallest absolute Gasteiger partial charge is 0.269 e. The van der Waals surface area contributed by atoms with Crippen molar-refractivity contribution < 1.29 is 19.3 Å². The number of aromatic nitrogens is 2. The molecule has 5 aromatic rings. The van der Waals surface area contributed by atoms with Crippen molar-refractivity contribution in [2.45, 2.75) is 17.9 Å². The Balaban J connectivity index is 1.57. The minimum absolute atomic E-state index is 0.131. The number of imidazole rings is 1. The van der Waals surface area contributed by atoms with E-state index in [1.807, 2.05) is 0 Å². The van der Waals surface area contributed by atoms with E-state index in [1.165, 1.54) is 28.8 Å². The second-order valence-corrected chi connectivity index (χ2v) is 9.53. The molecule has 0 bridgehead atoms. The molecule has 196 valence electrons. The van der Waals surface area contributed by atoms with Gasteiger partial charge in [-0.2, -0.15) is 0 Å². The maximum Gasteiger partial charge on any atom is 0.269 e. The maximum absolute atomic E-state index is 14.2. The number of fused-ring (bicyclic) bond motifs is 3. The standard InChI is InChI=1S/C31H22N4O5/c36-28(20-9-3-1-4-10-20)26-25(19-15-17-22(18-16-19)35(39)40)27(33-30(37)21-11-5-2-6-12-21)31(38)34-24-14-8-7-13-23(24)32-29(26)34/h1-18,25-27H,(H,33,37)/t25-,26-,27-/m0/s1. The van der Waals surface area contributed by atoms with Gasteiger partial charge in [-0.3, -0.25) is 29.1 Å². The Hall–Kier alpha value is -5.44. The molecule has 1 N–H and O–H groups in total. The number of para-hydroxylation sites is 2. The summed E-state index contributed by atoms with van der Waals surface area (Å²) < 4.78 is 1.42. The van der Waals surface area contributed by atoms with Gasteiger partial charge in [0.1, 0.15) is 11.9 Å². The summed E-state index contributed by atoms with van der Waals surface area (Å²) in [6.07, 6.45) is 0. The Bertz CT molecular complexity index is 1760. The summed E-state index contributed by atoms with van der Waals surface area (Å²) in [5, 5.41) is 14.2. The van der Waals surface area contributed by atoms with Crippen LogP contribution in [0.25, 0.3) is 11.0 Å². The van der Waals surface area contributed by atoms with Crippen molar-refractivity contribution in [2.24, 2.45) is 0 Å². The fourth-order valence-electron chi connectivity index (χ4n) is 5.36. The predicted molar refractivity (Wildman–Crippen MR) is 147 cm³/mol. The molecule has 3 atom stereocenters. The second-order valence-electron chi connectivity index (χ2n) is 9.53. The van der Waals surface area contributed by atoms with Crippen molar-refractivity contribution in [3.63, 3.8) is 0 Å². The number of hydrogen-bond donors (Lipinski definition) is 1. The van der Waals surface area contributed by atoms with E-state index in [-0.39, 0.29) is 17.3 Å². The Morgan fingerprint density at radius 2 is 1.40 bits per heavy atom. The van der Waals surface area contributed by atoms with E-state index in [9.17, 15) is 24.5 Å². The monoisotopic (exact) mass is 530 g/mol. The molecule has 1 aliphatic rings. The van der Waals surface area contributed by atoms with Crippen molar-refractivity contribution in [3.05, 3.63) is 142 Å². The third-order valence-electron chi connectivity index (χ3n) is 7.22. The number of nitro benzene ring substituents is 1. The third kappa shape index (κ3) is 4.23. The topological polar surface area (TPSA) is 124 Å². The van der Waals surface area contributed by atoms with Gasteiger partial charge in [0.25, 0.3) is 17.5 Å². The van der Waals surface area contributed by atoms with Crippen molar-refractivity contribution in [3.8, 4) is 0 Å². The minimum atomic E-state index is -1.17. The summed E-state index contributed by atoms with van der Waals surface area (Å²) in [4.78, 5) is 57.4. The zero-order chi connectivity index (χ0) is 27.8. The van der Waals surface area contributed by atoms with Crippen LogP contribution in [0.15, 0.2) is 109 Å². The molecule has 2 heterocycles. The van der Waals surface area contributed by atoms with Crippen LogP contribution < -0.4 is 5.32 Å². The van der Waals surface area contributed by atoms with Crippen LogP contribution in [-0.4, -0.2) is 38.1 Å². The zero-order valence-electron chi connectivity index (χ0n) is 21.0. The fraction of sp³-hybridized carbons (Fsp3) is 0.0968. The molecule has 0 saturated heterocycles. The normalized spacial score (nSPS) is 18.2. The summed E-state index contributed by atoms with van der Waals surface area (Å²) in [6.45, 7) is 0. The molecule has 6 rings (SSSR count). The van der Waals surface area contributed by atoms with Gasteiger partial charge in [-0.15, -0.1) is 0 Å². The molecule has 1 aromatic heterocycles. The van der Waals surface area contributed by atoms with E-state index in [1.54, 1.807) is 84.9 Å². The molecule has 40 heavy (non-hydrogen) atoms. The van der Waals surface area contributed by atoms with Crippen LogP contribution in [0, 0.1) is 10.1 Å². The first-order chi connectivity index (χ1) is 19.4. The summed E-state index contributed by atoms with van der Waals surface area (Å²) in [5.41, 5.74) is 2.19. The zero-order valence-corrected chi connectivity index (χ0v) is 21.0. The molecule has 0 spiro atoms. The van der Waals surface area contributed by atoms with Gasteiger partial charge in [0.05, 0.1) is 21.9 Å². The lowest BCUT2D eigenvalue weighted by Gasteiger charge is -2.37. The maximum atomic E-state index is 14.2. The average molecular weight is 531 g/mol. The van der Waals surface area contributed by atoms with E-state index in [4.69, 9.17) is 4.98 Å². The van der Waals surface area contributed by atoms with E-state index in [2.05, 4.69) is 5.32 Å². The number of carbonyl (C=O) groups is 3. The highest BCUT2D eigenvalue weighted by Gasteiger charge is 2.49. The summed E-state index contributed by atoms with van der Waals surface area (Å²) in [7, 11) is 0. The van der Waals surface area contributed by atoms with Crippen LogP contribution in [0.3, 0.4) is 0 Å². The van der Waals surface area contributed by atoms with E-state index in [0.29, 0.717) is 27.7 Å². The van der Waals surface area contributed by atoms with E-state index in [0.717, 1.165) is 0 Å². The Kier molecular flexibility index (Phi) is 6.24. The lowest BCUT2D eigenvalue weighted by atomic mass is 9.73. The van der Waals surface area contributed by atoms with Gasteiger partial charge >= 0.3 is 0 Å². The molecule has 0 fully saturated rings. The van der Waals surface area contributed by atoms with Crippen LogP contribution >= 0.6 is 0 Å². The van der Waals surface area contributed by atoms with Gasteiger partial charge < -0.3 is 5.32 Å². The first kappa shape index (κ1) is 24.9. The van der Waals surface area contributed by atoms with Crippen LogP contribution in [-0.2, 0) is 0 Å². The lowest BCUT2D eigenvalue weighted by molar-refractivity contribution is -0.384. The quantitative estimate of drug-likeness (QED) is 0.184. The number of amides is 1. The minimum Gasteiger partial charge on any atom is -0.340 e. The number of hydrogen-bond acceptors (Lipinski definition) is 6. The molecular weight excluding hydrogens is 508 g/mol. The van der Waals surface area contributed by atoms with E-state index >= 15 is 0 Å². The van der Waals surface area contributed by atoms with Gasteiger partial charge in [-0.05, 0) is 29.8 Å². The van der Waals surface area contributed by atoms with E-state index < -0.39 is 34.6 Å². The van der Waals surface area contributed by atoms with Gasteiger partial charge in [-0.25, -0.2) is 4.98 Å². The third-order valence-corrected chi connectivity index (χ3v) is 7.22. The second kappa shape index (κ2) is 10.0. The molecular formula is C31H22N4O5. The number of nitrogens with zero attached hydrogens (tertiary/aromatic N) is 3. The molecule has 4 aromatic carbocycles. The molecule has 1 amide bonds. The van der Waals surface area contributed by atoms with Crippen molar-refractivity contribution in [2.75, 3.05) is 0 Å². The Labute approximate surface area is 228 Å². The van der Waals surface area contributed by atoms with Crippen molar-refractivity contribution in [1.29, 1.82) is 0 Å². The Morgan fingerprint density at radius 3 is 2.05 bits per heavy atom. The lowest BCUT2D eigenvalue weighted by Crippen LogP contribution is -2.53. The summed E-state index contributed by atoms with van der Waals surface area (Å²) >= 11 is 0.